The second kappa shape index (κ2) is 10.2. The fraction of sp³-hybridized carbons (Fsp3) is 0.500. The highest BCUT2D eigenvalue weighted by Crippen LogP contribution is 2.24. The topological polar surface area (TPSA) is 115 Å². The molecule has 4 N–H and O–H groups in total. The van der Waals surface area contributed by atoms with Crippen LogP contribution in [0, 0.1) is 16.7 Å². The molecular formula is C20H29BN4O3. The molecule has 1 saturated heterocycles. The Kier molecular flexibility index (Phi) is 7.93. The van der Waals surface area contributed by atoms with E-state index >= 15 is 0 Å². The average molecular weight is 384 g/mol. The fourth-order valence-corrected chi connectivity index (χ4v) is 3.33. The number of hydrogen-bond acceptors (Lipinski definition) is 5. The van der Waals surface area contributed by atoms with Gasteiger partial charge in [0, 0.05) is 24.7 Å². The molecule has 1 fully saturated rings. The highest BCUT2D eigenvalue weighted by atomic mass is 16.5. The standard InChI is InChI=1S/C20H29BN4O3/c1-13(2)9-18(21-11-14(3)28-21)25-20(27)17(24-19(26)16(23)12-22)10-15-7-5-4-6-8-15/h4-8,12-14,17-18,22-23H,9-11H2,1-3H3,(H,24,26)(H,25,27)/t14?,17-,18+/m0/s1. The van der Waals surface area contributed by atoms with E-state index in [1.807, 2.05) is 37.3 Å². The molecule has 1 aliphatic rings. The van der Waals surface area contributed by atoms with Crippen molar-refractivity contribution < 1.29 is 14.2 Å². The average Bonchev–Trinajstić information content (AvgIpc) is 2.64. The number of carbonyl (C=O) groups excluding carboxylic acids is 2. The van der Waals surface area contributed by atoms with Crippen LogP contribution in [0.5, 0.6) is 0 Å². The monoisotopic (exact) mass is 384 g/mol. The lowest BCUT2D eigenvalue weighted by molar-refractivity contribution is -0.126. The van der Waals surface area contributed by atoms with Crippen molar-refractivity contribution in [2.45, 2.75) is 58.0 Å². The summed E-state index contributed by atoms with van der Waals surface area (Å²) in [6.45, 7) is 6.17. The third-order valence-electron chi connectivity index (χ3n) is 4.77. The maximum Gasteiger partial charge on any atom is 0.318 e. The van der Waals surface area contributed by atoms with Gasteiger partial charge in [-0.1, -0.05) is 44.2 Å². The van der Waals surface area contributed by atoms with E-state index in [4.69, 9.17) is 15.5 Å². The van der Waals surface area contributed by atoms with Crippen LogP contribution in [0.2, 0.25) is 6.32 Å². The van der Waals surface area contributed by atoms with Gasteiger partial charge in [-0.25, -0.2) is 0 Å². The lowest BCUT2D eigenvalue weighted by atomic mass is 9.50. The summed E-state index contributed by atoms with van der Waals surface area (Å²) in [6.07, 6.45) is 2.85. The van der Waals surface area contributed by atoms with Gasteiger partial charge in [-0.15, -0.1) is 0 Å². The Labute approximate surface area is 166 Å². The SMILES string of the molecule is CC(C)C[C@@H](NC(=O)[C@H](Cc1ccccc1)NC(=O)C(=N)C=N)B1CC(C)O1. The molecule has 1 unspecified atom stereocenters. The van der Waals surface area contributed by atoms with Crippen LogP contribution in [-0.2, 0) is 20.7 Å². The molecule has 1 aromatic rings. The van der Waals surface area contributed by atoms with Gasteiger partial charge in [0.2, 0.25) is 5.91 Å². The van der Waals surface area contributed by atoms with E-state index < -0.39 is 17.7 Å². The summed E-state index contributed by atoms with van der Waals surface area (Å²) in [7, 11) is 0. The minimum atomic E-state index is -0.831. The van der Waals surface area contributed by atoms with E-state index in [1.165, 1.54) is 0 Å². The minimum absolute atomic E-state index is 0.0192. The fourth-order valence-electron chi connectivity index (χ4n) is 3.33. The first-order valence-corrected chi connectivity index (χ1v) is 9.69. The van der Waals surface area contributed by atoms with Crippen molar-refractivity contribution in [2.75, 3.05) is 0 Å². The quantitative estimate of drug-likeness (QED) is 0.365. The zero-order valence-corrected chi connectivity index (χ0v) is 16.7. The van der Waals surface area contributed by atoms with Crippen molar-refractivity contribution in [3.8, 4) is 0 Å². The van der Waals surface area contributed by atoms with E-state index in [1.54, 1.807) is 0 Å². The van der Waals surface area contributed by atoms with E-state index in [9.17, 15) is 9.59 Å². The van der Waals surface area contributed by atoms with Crippen molar-refractivity contribution >= 4 is 30.7 Å². The molecule has 0 aromatic heterocycles. The maximum atomic E-state index is 13.0. The molecule has 3 atom stereocenters. The molecule has 2 amide bonds. The first kappa shape index (κ1) is 21.8. The van der Waals surface area contributed by atoms with Crippen molar-refractivity contribution in [1.82, 2.24) is 10.6 Å². The molecular weight excluding hydrogens is 355 g/mol. The molecule has 0 radical (unpaired) electrons. The maximum absolute atomic E-state index is 13.0. The Hall–Kier alpha value is -2.48. The van der Waals surface area contributed by atoms with Gasteiger partial charge in [0.05, 0.1) is 0 Å². The van der Waals surface area contributed by atoms with Gasteiger partial charge in [0.25, 0.3) is 5.91 Å². The largest absolute Gasteiger partial charge is 0.432 e. The highest BCUT2D eigenvalue weighted by Gasteiger charge is 2.40. The van der Waals surface area contributed by atoms with E-state index in [0.29, 0.717) is 18.6 Å². The molecule has 28 heavy (non-hydrogen) atoms. The zero-order valence-electron chi connectivity index (χ0n) is 16.7. The normalized spacial score (nSPS) is 18.0. The number of nitrogens with one attached hydrogen (secondary N) is 4. The number of rotatable bonds is 10. The molecule has 2 rings (SSSR count). The second-order valence-electron chi connectivity index (χ2n) is 7.74. The Morgan fingerprint density at radius 3 is 2.46 bits per heavy atom. The molecule has 0 spiro atoms. The number of hydrogen-bond donors (Lipinski definition) is 4. The van der Waals surface area contributed by atoms with Crippen LogP contribution in [0.1, 0.15) is 32.8 Å². The van der Waals surface area contributed by atoms with Gasteiger partial charge < -0.3 is 20.7 Å². The van der Waals surface area contributed by atoms with Crippen LogP contribution in [0.25, 0.3) is 0 Å². The summed E-state index contributed by atoms with van der Waals surface area (Å²) in [5, 5.41) is 20.2. The molecule has 1 aliphatic heterocycles. The van der Waals surface area contributed by atoms with Crippen LogP contribution in [-0.4, -0.2) is 48.7 Å². The number of amides is 2. The number of benzene rings is 1. The van der Waals surface area contributed by atoms with E-state index in [2.05, 4.69) is 24.5 Å². The van der Waals surface area contributed by atoms with Crippen molar-refractivity contribution in [2.24, 2.45) is 5.92 Å². The van der Waals surface area contributed by atoms with Gasteiger partial charge in [-0.2, -0.15) is 0 Å². The number of carbonyl (C=O) groups is 2. The first-order chi connectivity index (χ1) is 13.3. The lowest BCUT2D eigenvalue weighted by Crippen LogP contribution is -2.59. The van der Waals surface area contributed by atoms with Crippen LogP contribution in [0.4, 0.5) is 0 Å². The third kappa shape index (κ3) is 6.30. The molecule has 1 aromatic carbocycles. The molecule has 8 heteroatoms. The van der Waals surface area contributed by atoms with E-state index in [-0.39, 0.29) is 24.9 Å². The van der Waals surface area contributed by atoms with Crippen LogP contribution in [0.15, 0.2) is 30.3 Å². The van der Waals surface area contributed by atoms with Gasteiger partial charge >= 0.3 is 6.92 Å². The summed E-state index contributed by atoms with van der Waals surface area (Å²) >= 11 is 0. The van der Waals surface area contributed by atoms with Gasteiger partial charge in [-0.3, -0.25) is 15.0 Å². The molecule has 1 heterocycles. The zero-order chi connectivity index (χ0) is 20.7. The minimum Gasteiger partial charge on any atom is -0.432 e. The molecule has 0 bridgehead atoms. The summed E-state index contributed by atoms with van der Waals surface area (Å²) in [4.78, 5) is 25.1. The summed E-state index contributed by atoms with van der Waals surface area (Å²) in [6, 6.07) is 8.57. The summed E-state index contributed by atoms with van der Waals surface area (Å²) in [5.41, 5.74) is 0.416. The summed E-state index contributed by atoms with van der Waals surface area (Å²) in [5.74, 6) is -0.775. The van der Waals surface area contributed by atoms with Crippen LogP contribution in [0.3, 0.4) is 0 Å². The smallest absolute Gasteiger partial charge is 0.318 e. The summed E-state index contributed by atoms with van der Waals surface area (Å²) < 4.78 is 5.77. The van der Waals surface area contributed by atoms with Gasteiger partial charge in [0.15, 0.2) is 0 Å². The third-order valence-corrected chi connectivity index (χ3v) is 4.77. The predicted molar refractivity (Wildman–Crippen MR) is 111 cm³/mol. The second-order valence-corrected chi connectivity index (χ2v) is 7.74. The lowest BCUT2D eigenvalue weighted by Gasteiger charge is -2.38. The Morgan fingerprint density at radius 2 is 1.93 bits per heavy atom. The Bertz CT molecular complexity index is 705. The van der Waals surface area contributed by atoms with Crippen molar-refractivity contribution in [3.05, 3.63) is 35.9 Å². The van der Waals surface area contributed by atoms with Crippen molar-refractivity contribution in [3.63, 3.8) is 0 Å². The van der Waals surface area contributed by atoms with E-state index in [0.717, 1.165) is 18.3 Å². The molecule has 0 aliphatic carbocycles. The predicted octanol–water partition coefficient (Wildman–Crippen LogP) is 1.86. The molecule has 150 valence electrons. The van der Waals surface area contributed by atoms with Crippen LogP contribution >= 0.6 is 0 Å². The molecule has 0 saturated carbocycles. The Balaban J connectivity index is 2.12. The highest BCUT2D eigenvalue weighted by molar-refractivity contribution is 6.59. The Morgan fingerprint density at radius 1 is 1.29 bits per heavy atom. The first-order valence-electron chi connectivity index (χ1n) is 9.69. The van der Waals surface area contributed by atoms with Gasteiger partial charge in [-0.05, 0) is 31.1 Å². The van der Waals surface area contributed by atoms with Gasteiger partial charge in [0.1, 0.15) is 11.8 Å². The van der Waals surface area contributed by atoms with Crippen molar-refractivity contribution in [1.29, 1.82) is 10.8 Å². The van der Waals surface area contributed by atoms with Crippen LogP contribution < -0.4 is 10.6 Å². The molecule has 7 nitrogen and oxygen atoms in total.